The van der Waals surface area contributed by atoms with Gasteiger partial charge in [0.2, 0.25) is 0 Å². The van der Waals surface area contributed by atoms with E-state index >= 15 is 0 Å². The lowest BCUT2D eigenvalue weighted by molar-refractivity contribution is -0.394. The van der Waals surface area contributed by atoms with Crippen LogP contribution in [0.1, 0.15) is 26.9 Å². The zero-order valence-electron chi connectivity index (χ0n) is 13.8. The van der Waals surface area contributed by atoms with Gasteiger partial charge in [-0.2, -0.15) is 0 Å². The van der Waals surface area contributed by atoms with Gasteiger partial charge >= 0.3 is 0 Å². The molecule has 0 bridgehead atoms. The van der Waals surface area contributed by atoms with Crippen LogP contribution in [0.25, 0.3) is 0 Å². The van der Waals surface area contributed by atoms with E-state index in [-0.39, 0.29) is 10.9 Å². The summed E-state index contributed by atoms with van der Waals surface area (Å²) < 4.78 is 0. The lowest BCUT2D eigenvalue weighted by Crippen LogP contribution is -2.30. The molecule has 2 aromatic rings. The summed E-state index contributed by atoms with van der Waals surface area (Å²) in [5.41, 5.74) is 1.06. The van der Waals surface area contributed by atoms with E-state index in [2.05, 4.69) is 0 Å². The second kappa shape index (κ2) is 7.12. The van der Waals surface area contributed by atoms with Gasteiger partial charge in [-0.25, -0.2) is 0 Å². The Morgan fingerprint density at radius 1 is 1.08 bits per heavy atom. The molecule has 8 nitrogen and oxygen atoms in total. The number of non-ortho nitro benzene ring substituents is 2. The third kappa shape index (κ3) is 3.52. The van der Waals surface area contributed by atoms with Gasteiger partial charge in [-0.1, -0.05) is 29.8 Å². The van der Waals surface area contributed by atoms with E-state index < -0.39 is 27.1 Å². The van der Waals surface area contributed by atoms with Crippen LogP contribution in [0.2, 0.25) is 0 Å². The molecule has 1 atom stereocenters. The Balaban J connectivity index is 1.96. The van der Waals surface area contributed by atoms with Crippen molar-refractivity contribution in [2.45, 2.75) is 12.3 Å². The Hall–Kier alpha value is -2.94. The van der Waals surface area contributed by atoms with Crippen LogP contribution >= 0.6 is 11.8 Å². The fourth-order valence-corrected chi connectivity index (χ4v) is 4.04. The Morgan fingerprint density at radius 3 is 2.19 bits per heavy atom. The van der Waals surface area contributed by atoms with Gasteiger partial charge in [-0.3, -0.25) is 25.0 Å². The number of hydrogen-bond acceptors (Lipinski definition) is 6. The lowest BCUT2D eigenvalue weighted by Gasteiger charge is -2.24. The van der Waals surface area contributed by atoms with Gasteiger partial charge in [0.15, 0.2) is 0 Å². The van der Waals surface area contributed by atoms with Gasteiger partial charge in [-0.15, -0.1) is 11.8 Å². The van der Waals surface area contributed by atoms with Crippen LogP contribution < -0.4 is 0 Å². The first-order valence-electron chi connectivity index (χ1n) is 7.80. The molecule has 0 N–H and O–H groups in total. The number of amides is 1. The molecule has 1 aliphatic rings. The number of nitrogens with zero attached hydrogens (tertiary/aromatic N) is 3. The lowest BCUT2D eigenvalue weighted by atomic mass is 10.1. The summed E-state index contributed by atoms with van der Waals surface area (Å²) in [6.07, 6.45) is 0. The molecule has 0 aromatic heterocycles. The number of carbonyl (C=O) groups is 1. The number of nitro groups is 2. The normalized spacial score (nSPS) is 16.5. The first kappa shape index (κ1) is 17.9. The average Bonchev–Trinajstić information content (AvgIpc) is 3.10. The second-order valence-electron chi connectivity index (χ2n) is 5.88. The Morgan fingerprint density at radius 2 is 1.65 bits per heavy atom. The van der Waals surface area contributed by atoms with Gasteiger partial charge in [0, 0.05) is 24.4 Å². The van der Waals surface area contributed by atoms with Crippen LogP contribution in [-0.4, -0.2) is 33.0 Å². The fourth-order valence-electron chi connectivity index (χ4n) is 2.78. The molecular weight excluding hydrogens is 358 g/mol. The summed E-state index contributed by atoms with van der Waals surface area (Å²) >= 11 is 1.59. The van der Waals surface area contributed by atoms with Crippen LogP contribution in [0.5, 0.6) is 0 Å². The zero-order chi connectivity index (χ0) is 18.8. The van der Waals surface area contributed by atoms with E-state index in [9.17, 15) is 25.0 Å². The smallest absolute Gasteiger partial charge is 0.277 e. The van der Waals surface area contributed by atoms with Crippen LogP contribution in [0.3, 0.4) is 0 Å². The van der Waals surface area contributed by atoms with Gasteiger partial charge in [0.05, 0.1) is 21.5 Å². The topological polar surface area (TPSA) is 107 Å². The third-order valence-electron chi connectivity index (χ3n) is 4.09. The highest BCUT2D eigenvalue weighted by Gasteiger charge is 2.32. The molecule has 1 amide bonds. The molecule has 3 rings (SSSR count). The van der Waals surface area contributed by atoms with Crippen molar-refractivity contribution in [3.05, 3.63) is 79.4 Å². The third-order valence-corrected chi connectivity index (χ3v) is 5.35. The van der Waals surface area contributed by atoms with Crippen LogP contribution in [0.15, 0.2) is 42.5 Å². The number of benzene rings is 2. The van der Waals surface area contributed by atoms with E-state index in [1.54, 1.807) is 16.7 Å². The highest BCUT2D eigenvalue weighted by Crippen LogP contribution is 2.39. The maximum absolute atomic E-state index is 12.9. The van der Waals surface area contributed by atoms with Crippen LogP contribution in [-0.2, 0) is 0 Å². The number of nitro benzene ring substituents is 2. The minimum Gasteiger partial charge on any atom is -0.322 e. The van der Waals surface area contributed by atoms with E-state index in [4.69, 9.17) is 0 Å². The van der Waals surface area contributed by atoms with Crippen molar-refractivity contribution in [1.29, 1.82) is 0 Å². The summed E-state index contributed by atoms with van der Waals surface area (Å²) in [4.78, 5) is 35.1. The number of hydrogen-bond donors (Lipinski definition) is 0. The Kier molecular flexibility index (Phi) is 4.90. The Labute approximate surface area is 153 Å². The molecule has 26 heavy (non-hydrogen) atoms. The maximum atomic E-state index is 12.9. The van der Waals surface area contributed by atoms with Crippen molar-refractivity contribution in [2.24, 2.45) is 0 Å². The largest absolute Gasteiger partial charge is 0.322 e. The van der Waals surface area contributed by atoms with Crippen LogP contribution in [0.4, 0.5) is 11.4 Å². The molecule has 0 aliphatic carbocycles. The highest BCUT2D eigenvalue weighted by atomic mass is 32.2. The zero-order valence-corrected chi connectivity index (χ0v) is 14.6. The summed E-state index contributed by atoms with van der Waals surface area (Å²) in [7, 11) is 0. The summed E-state index contributed by atoms with van der Waals surface area (Å²) in [5.74, 6) is 0.272. The van der Waals surface area contributed by atoms with Gasteiger partial charge < -0.3 is 4.90 Å². The molecule has 0 saturated carbocycles. The van der Waals surface area contributed by atoms with Crippen molar-refractivity contribution in [1.82, 2.24) is 4.90 Å². The predicted molar refractivity (Wildman–Crippen MR) is 97.2 cm³/mol. The SMILES string of the molecule is Cc1ccc([C@H]2SCCN2C(=O)c2cc([N+](=O)[O-])cc([N+](=O)[O-])c2)cc1. The van der Waals surface area contributed by atoms with Gasteiger partial charge in [0.25, 0.3) is 17.3 Å². The van der Waals surface area contributed by atoms with E-state index in [1.807, 2.05) is 31.2 Å². The average molecular weight is 373 g/mol. The van der Waals surface area contributed by atoms with Crippen LogP contribution in [0, 0.1) is 27.2 Å². The molecule has 0 unspecified atom stereocenters. The molecular formula is C17H15N3O5S. The monoisotopic (exact) mass is 373 g/mol. The minimum absolute atomic E-state index is 0.0505. The molecule has 2 aromatic carbocycles. The molecule has 9 heteroatoms. The van der Waals surface area contributed by atoms with Crippen molar-refractivity contribution < 1.29 is 14.6 Å². The first-order chi connectivity index (χ1) is 12.4. The molecule has 0 spiro atoms. The highest BCUT2D eigenvalue weighted by molar-refractivity contribution is 7.99. The Bertz CT molecular complexity index is 852. The predicted octanol–water partition coefficient (Wildman–Crippen LogP) is 3.70. The molecule has 1 aliphatic heterocycles. The summed E-state index contributed by atoms with van der Waals surface area (Å²) in [6.45, 7) is 2.44. The molecule has 1 saturated heterocycles. The standard InChI is InChI=1S/C17H15N3O5S/c1-11-2-4-12(5-3-11)17-18(6-7-26-17)16(21)13-8-14(19(22)23)10-15(9-13)20(24)25/h2-5,8-10,17H,6-7H2,1H3/t17-/m1/s1. The van der Waals surface area contributed by atoms with Crippen molar-refractivity contribution in [3.63, 3.8) is 0 Å². The first-order valence-corrected chi connectivity index (χ1v) is 8.84. The summed E-state index contributed by atoms with van der Waals surface area (Å²) in [6, 6.07) is 10.8. The van der Waals surface area contributed by atoms with E-state index in [1.165, 1.54) is 0 Å². The number of carbonyl (C=O) groups excluding carboxylic acids is 1. The van der Waals surface area contributed by atoms with E-state index in [0.29, 0.717) is 6.54 Å². The fraction of sp³-hybridized carbons (Fsp3) is 0.235. The van der Waals surface area contributed by atoms with Crippen molar-refractivity contribution in [3.8, 4) is 0 Å². The number of rotatable bonds is 4. The number of aryl methyl sites for hydroxylation is 1. The quantitative estimate of drug-likeness (QED) is 0.597. The number of thioether (sulfide) groups is 1. The van der Waals surface area contributed by atoms with Crippen molar-refractivity contribution in [2.75, 3.05) is 12.3 Å². The van der Waals surface area contributed by atoms with Crippen molar-refractivity contribution >= 4 is 29.0 Å². The molecule has 134 valence electrons. The molecule has 1 heterocycles. The van der Waals surface area contributed by atoms with Gasteiger partial charge in [0.1, 0.15) is 5.37 Å². The molecule has 0 radical (unpaired) electrons. The maximum Gasteiger partial charge on any atom is 0.277 e. The minimum atomic E-state index is -0.736. The van der Waals surface area contributed by atoms with Gasteiger partial charge in [-0.05, 0) is 12.5 Å². The van der Waals surface area contributed by atoms with E-state index in [0.717, 1.165) is 35.1 Å². The molecule has 1 fully saturated rings. The second-order valence-corrected chi connectivity index (χ2v) is 7.07. The summed E-state index contributed by atoms with van der Waals surface area (Å²) in [5, 5.41) is 21.9.